The average molecular weight is 350 g/mol. The third kappa shape index (κ3) is 2.25. The molecule has 1 aromatic carbocycles. The number of carboxylic acid groups (broad SMARTS) is 1. The molecule has 0 bridgehead atoms. The van der Waals surface area contributed by atoms with E-state index >= 15 is 0 Å². The van der Waals surface area contributed by atoms with E-state index in [0.29, 0.717) is 10.7 Å². The third-order valence-corrected chi connectivity index (χ3v) is 4.13. The molecule has 3 aromatic rings. The standard InChI is InChI=1S/C13H8BrN3O2S/c14-9-3-1-2-4-10(9)17-7-8(13(18)19)11(16-17)12-15-5-6-20-12/h1-7H,(H,18,19). The number of para-hydroxylation sites is 1. The van der Waals surface area contributed by atoms with Crippen molar-refractivity contribution in [2.45, 2.75) is 0 Å². The number of hydrogen-bond acceptors (Lipinski definition) is 4. The predicted octanol–water partition coefficient (Wildman–Crippen LogP) is 3.46. The van der Waals surface area contributed by atoms with Crippen molar-refractivity contribution in [3.63, 3.8) is 0 Å². The lowest BCUT2D eigenvalue weighted by Crippen LogP contribution is -1.96. The van der Waals surface area contributed by atoms with E-state index in [1.165, 1.54) is 17.5 Å². The minimum Gasteiger partial charge on any atom is -0.478 e. The van der Waals surface area contributed by atoms with Gasteiger partial charge in [-0.05, 0) is 28.1 Å². The number of aromatic nitrogens is 3. The summed E-state index contributed by atoms with van der Waals surface area (Å²) >= 11 is 4.79. The van der Waals surface area contributed by atoms with Gasteiger partial charge in [-0.2, -0.15) is 5.10 Å². The van der Waals surface area contributed by atoms with Gasteiger partial charge in [-0.25, -0.2) is 14.5 Å². The van der Waals surface area contributed by atoms with E-state index in [-0.39, 0.29) is 5.56 Å². The van der Waals surface area contributed by atoms with Crippen molar-refractivity contribution in [3.05, 3.63) is 52.1 Å². The molecule has 1 N–H and O–H groups in total. The highest BCUT2D eigenvalue weighted by atomic mass is 79.9. The first-order valence-corrected chi connectivity index (χ1v) is 7.32. The molecular weight excluding hydrogens is 342 g/mol. The van der Waals surface area contributed by atoms with Crippen molar-refractivity contribution < 1.29 is 9.90 Å². The molecule has 0 spiro atoms. The quantitative estimate of drug-likeness (QED) is 0.786. The van der Waals surface area contributed by atoms with Crippen LogP contribution in [0.4, 0.5) is 0 Å². The maximum Gasteiger partial charge on any atom is 0.339 e. The number of thiazole rings is 1. The molecule has 0 atom stereocenters. The maximum absolute atomic E-state index is 11.4. The summed E-state index contributed by atoms with van der Waals surface area (Å²) in [6, 6.07) is 7.48. The van der Waals surface area contributed by atoms with Crippen LogP contribution < -0.4 is 0 Å². The predicted molar refractivity (Wildman–Crippen MR) is 79.3 cm³/mol. The van der Waals surface area contributed by atoms with Crippen molar-refractivity contribution in [3.8, 4) is 16.4 Å². The van der Waals surface area contributed by atoms with Gasteiger partial charge in [0.2, 0.25) is 0 Å². The number of benzene rings is 1. The second-order valence-corrected chi connectivity index (χ2v) is 5.68. The molecule has 5 nitrogen and oxygen atoms in total. The number of nitrogens with zero attached hydrogens (tertiary/aromatic N) is 3. The van der Waals surface area contributed by atoms with Gasteiger partial charge in [0, 0.05) is 22.2 Å². The Kier molecular flexibility index (Phi) is 3.37. The molecule has 2 heterocycles. The molecule has 0 aliphatic rings. The highest BCUT2D eigenvalue weighted by molar-refractivity contribution is 9.10. The molecule has 0 radical (unpaired) electrons. The van der Waals surface area contributed by atoms with Gasteiger partial charge in [-0.15, -0.1) is 11.3 Å². The second-order valence-electron chi connectivity index (χ2n) is 3.93. The highest BCUT2D eigenvalue weighted by Crippen LogP contribution is 2.27. The fourth-order valence-electron chi connectivity index (χ4n) is 1.79. The fourth-order valence-corrected chi connectivity index (χ4v) is 2.89. The topological polar surface area (TPSA) is 68.0 Å². The Balaban J connectivity index is 2.18. The van der Waals surface area contributed by atoms with Gasteiger partial charge < -0.3 is 5.11 Å². The summed E-state index contributed by atoms with van der Waals surface area (Å²) in [7, 11) is 0. The van der Waals surface area contributed by atoms with Gasteiger partial charge in [-0.1, -0.05) is 12.1 Å². The number of hydrogen-bond donors (Lipinski definition) is 1. The van der Waals surface area contributed by atoms with Crippen LogP contribution in [0.15, 0.2) is 46.5 Å². The van der Waals surface area contributed by atoms with Crippen molar-refractivity contribution in [2.24, 2.45) is 0 Å². The van der Waals surface area contributed by atoms with E-state index in [9.17, 15) is 9.90 Å². The summed E-state index contributed by atoms with van der Waals surface area (Å²) in [4.78, 5) is 15.5. The number of carboxylic acids is 1. The lowest BCUT2D eigenvalue weighted by molar-refractivity contribution is 0.0697. The summed E-state index contributed by atoms with van der Waals surface area (Å²) < 4.78 is 2.38. The Morgan fingerprint density at radius 2 is 2.15 bits per heavy atom. The van der Waals surface area contributed by atoms with Crippen LogP contribution >= 0.6 is 27.3 Å². The normalized spacial score (nSPS) is 10.7. The molecule has 0 saturated heterocycles. The Morgan fingerprint density at radius 1 is 1.35 bits per heavy atom. The number of aromatic carboxylic acids is 1. The van der Waals surface area contributed by atoms with E-state index in [1.54, 1.807) is 16.3 Å². The monoisotopic (exact) mass is 349 g/mol. The first-order chi connectivity index (χ1) is 9.66. The minimum atomic E-state index is -1.02. The van der Waals surface area contributed by atoms with E-state index in [4.69, 9.17) is 0 Å². The molecule has 100 valence electrons. The van der Waals surface area contributed by atoms with Gasteiger partial charge in [0.15, 0.2) is 0 Å². The molecule has 0 aliphatic carbocycles. The Morgan fingerprint density at radius 3 is 2.80 bits per heavy atom. The number of rotatable bonds is 3. The van der Waals surface area contributed by atoms with Crippen molar-refractivity contribution >= 4 is 33.2 Å². The van der Waals surface area contributed by atoms with Gasteiger partial charge >= 0.3 is 5.97 Å². The molecule has 20 heavy (non-hydrogen) atoms. The van der Waals surface area contributed by atoms with Crippen molar-refractivity contribution in [1.82, 2.24) is 14.8 Å². The SMILES string of the molecule is O=C(O)c1cn(-c2ccccc2Br)nc1-c1nccs1. The summed E-state index contributed by atoms with van der Waals surface area (Å²) in [5.74, 6) is -1.02. The zero-order valence-corrected chi connectivity index (χ0v) is 12.4. The Bertz CT molecular complexity index is 768. The molecule has 0 fully saturated rings. The molecule has 3 rings (SSSR count). The van der Waals surface area contributed by atoms with Gasteiger partial charge in [-0.3, -0.25) is 0 Å². The largest absolute Gasteiger partial charge is 0.478 e. The van der Waals surface area contributed by atoms with Crippen LogP contribution in [-0.2, 0) is 0 Å². The number of halogens is 1. The zero-order valence-electron chi connectivity index (χ0n) is 10.0. The molecule has 0 unspecified atom stereocenters. The van der Waals surface area contributed by atoms with Crippen molar-refractivity contribution in [1.29, 1.82) is 0 Å². The molecule has 7 heteroatoms. The minimum absolute atomic E-state index is 0.135. The molecule has 2 aromatic heterocycles. The first kappa shape index (κ1) is 13.0. The Labute approximate surface area is 126 Å². The van der Waals surface area contributed by atoms with Gasteiger partial charge in [0.25, 0.3) is 0 Å². The van der Waals surface area contributed by atoms with Crippen LogP contribution in [0.2, 0.25) is 0 Å². The molecular formula is C13H8BrN3O2S. The van der Waals surface area contributed by atoms with E-state index < -0.39 is 5.97 Å². The smallest absolute Gasteiger partial charge is 0.339 e. The van der Waals surface area contributed by atoms with Gasteiger partial charge in [0.1, 0.15) is 16.3 Å². The zero-order chi connectivity index (χ0) is 14.1. The van der Waals surface area contributed by atoms with Crippen LogP contribution in [0.1, 0.15) is 10.4 Å². The highest BCUT2D eigenvalue weighted by Gasteiger charge is 2.20. The van der Waals surface area contributed by atoms with Crippen LogP contribution in [0.3, 0.4) is 0 Å². The Hall–Kier alpha value is -1.99. The fraction of sp³-hybridized carbons (Fsp3) is 0. The van der Waals surface area contributed by atoms with Crippen LogP contribution in [-0.4, -0.2) is 25.8 Å². The van der Waals surface area contributed by atoms with E-state index in [0.717, 1.165) is 10.2 Å². The summed E-state index contributed by atoms with van der Waals surface area (Å²) in [5, 5.41) is 16.0. The van der Waals surface area contributed by atoms with E-state index in [1.807, 2.05) is 24.3 Å². The van der Waals surface area contributed by atoms with Crippen molar-refractivity contribution in [2.75, 3.05) is 0 Å². The van der Waals surface area contributed by atoms with E-state index in [2.05, 4.69) is 26.0 Å². The summed E-state index contributed by atoms with van der Waals surface area (Å²) in [6.07, 6.45) is 3.13. The second kappa shape index (κ2) is 5.18. The summed E-state index contributed by atoms with van der Waals surface area (Å²) in [5.41, 5.74) is 1.29. The van der Waals surface area contributed by atoms with Gasteiger partial charge in [0.05, 0.1) is 5.69 Å². The average Bonchev–Trinajstić information content (AvgIpc) is 3.08. The van der Waals surface area contributed by atoms with Crippen LogP contribution in [0, 0.1) is 0 Å². The third-order valence-electron chi connectivity index (χ3n) is 2.68. The van der Waals surface area contributed by atoms with Crippen LogP contribution in [0.5, 0.6) is 0 Å². The maximum atomic E-state index is 11.4. The summed E-state index contributed by atoms with van der Waals surface area (Å²) in [6.45, 7) is 0. The lowest BCUT2D eigenvalue weighted by atomic mass is 10.2. The molecule has 0 amide bonds. The lowest BCUT2D eigenvalue weighted by Gasteiger charge is -2.02. The molecule has 0 aliphatic heterocycles. The first-order valence-electron chi connectivity index (χ1n) is 5.64. The van der Waals surface area contributed by atoms with Crippen LogP contribution in [0.25, 0.3) is 16.4 Å². The molecule has 0 saturated carbocycles. The number of carbonyl (C=O) groups is 1.